The van der Waals surface area contributed by atoms with Crippen LogP contribution in [-0.4, -0.2) is 29.2 Å². The number of nitrogens with zero attached hydrogens (tertiary/aromatic N) is 2. The Morgan fingerprint density at radius 1 is 1.50 bits per heavy atom. The predicted octanol–water partition coefficient (Wildman–Crippen LogP) is 2.11. The van der Waals surface area contributed by atoms with Gasteiger partial charge in [0.15, 0.2) is 0 Å². The maximum Gasteiger partial charge on any atom is 0.271 e. The SMILES string of the molecule is Cc1ccc([N+](=O)[O-])cc1N1CCC(O)C(C)C1. The molecule has 18 heavy (non-hydrogen) atoms. The molecule has 1 aromatic carbocycles. The summed E-state index contributed by atoms with van der Waals surface area (Å²) in [5.74, 6) is 0.192. The fourth-order valence-corrected chi connectivity index (χ4v) is 2.40. The van der Waals surface area contributed by atoms with Gasteiger partial charge in [0.25, 0.3) is 5.69 Å². The topological polar surface area (TPSA) is 66.6 Å². The zero-order valence-corrected chi connectivity index (χ0v) is 10.7. The summed E-state index contributed by atoms with van der Waals surface area (Å²) in [5, 5.41) is 20.5. The Morgan fingerprint density at radius 3 is 2.83 bits per heavy atom. The fourth-order valence-electron chi connectivity index (χ4n) is 2.40. The standard InChI is InChI=1S/C13H18N2O3/c1-9-3-4-11(15(17)18)7-12(9)14-6-5-13(16)10(2)8-14/h3-4,7,10,13,16H,5-6,8H2,1-2H3. The van der Waals surface area contributed by atoms with Crippen LogP contribution in [0.4, 0.5) is 11.4 Å². The zero-order valence-electron chi connectivity index (χ0n) is 10.7. The van der Waals surface area contributed by atoms with Crippen molar-refractivity contribution in [1.29, 1.82) is 0 Å². The number of hydrogen-bond acceptors (Lipinski definition) is 4. The van der Waals surface area contributed by atoms with Crippen molar-refractivity contribution in [3.8, 4) is 0 Å². The minimum atomic E-state index is -0.370. The smallest absolute Gasteiger partial charge is 0.271 e. The van der Waals surface area contributed by atoms with Crippen molar-refractivity contribution in [2.45, 2.75) is 26.4 Å². The highest BCUT2D eigenvalue weighted by molar-refractivity contribution is 5.59. The second-order valence-corrected chi connectivity index (χ2v) is 5.01. The number of rotatable bonds is 2. The van der Waals surface area contributed by atoms with Crippen LogP contribution in [0.3, 0.4) is 0 Å². The van der Waals surface area contributed by atoms with Crippen molar-refractivity contribution in [3.05, 3.63) is 33.9 Å². The van der Waals surface area contributed by atoms with Crippen LogP contribution in [0.15, 0.2) is 18.2 Å². The summed E-state index contributed by atoms with van der Waals surface area (Å²) < 4.78 is 0. The largest absolute Gasteiger partial charge is 0.393 e. The van der Waals surface area contributed by atoms with E-state index in [0.29, 0.717) is 6.42 Å². The lowest BCUT2D eigenvalue weighted by Gasteiger charge is -2.36. The molecule has 0 amide bonds. The van der Waals surface area contributed by atoms with Gasteiger partial charge in [0.1, 0.15) is 0 Å². The molecule has 2 unspecified atom stereocenters. The van der Waals surface area contributed by atoms with Crippen LogP contribution in [0.1, 0.15) is 18.9 Å². The first-order valence-electron chi connectivity index (χ1n) is 6.17. The van der Waals surface area contributed by atoms with E-state index in [-0.39, 0.29) is 22.6 Å². The van der Waals surface area contributed by atoms with Crippen LogP contribution in [0, 0.1) is 23.0 Å². The molecule has 1 saturated heterocycles. The van der Waals surface area contributed by atoms with Crippen molar-refractivity contribution < 1.29 is 10.0 Å². The third kappa shape index (κ3) is 2.46. The van der Waals surface area contributed by atoms with Crippen LogP contribution in [0.5, 0.6) is 0 Å². The third-order valence-electron chi connectivity index (χ3n) is 3.60. The molecular weight excluding hydrogens is 232 g/mol. The van der Waals surface area contributed by atoms with Crippen molar-refractivity contribution in [1.82, 2.24) is 0 Å². The Kier molecular flexibility index (Phi) is 3.52. The number of hydrogen-bond donors (Lipinski definition) is 1. The van der Waals surface area contributed by atoms with Crippen molar-refractivity contribution in [3.63, 3.8) is 0 Å². The van der Waals surface area contributed by atoms with Gasteiger partial charge in [0.05, 0.1) is 11.0 Å². The molecule has 0 aromatic heterocycles. The van der Waals surface area contributed by atoms with Gasteiger partial charge in [-0.2, -0.15) is 0 Å². The molecule has 0 aliphatic carbocycles. The zero-order chi connectivity index (χ0) is 13.3. The number of non-ortho nitro benzene ring substituents is 1. The summed E-state index contributed by atoms with van der Waals surface area (Å²) in [4.78, 5) is 12.6. The molecule has 98 valence electrons. The first-order valence-corrected chi connectivity index (χ1v) is 6.17. The molecule has 1 fully saturated rings. The highest BCUT2D eigenvalue weighted by Gasteiger charge is 2.25. The number of aliphatic hydroxyl groups excluding tert-OH is 1. The number of benzene rings is 1. The minimum Gasteiger partial charge on any atom is -0.393 e. The monoisotopic (exact) mass is 250 g/mol. The third-order valence-corrected chi connectivity index (χ3v) is 3.60. The van der Waals surface area contributed by atoms with Gasteiger partial charge in [-0.15, -0.1) is 0 Å². The van der Waals surface area contributed by atoms with Gasteiger partial charge in [-0.05, 0) is 24.8 Å². The molecule has 0 bridgehead atoms. The number of anilines is 1. The molecule has 2 atom stereocenters. The molecule has 5 heteroatoms. The summed E-state index contributed by atoms with van der Waals surface area (Å²) >= 11 is 0. The number of nitro groups is 1. The van der Waals surface area contributed by atoms with Crippen molar-refractivity contribution >= 4 is 11.4 Å². The Hall–Kier alpha value is -1.62. The number of aliphatic hydroxyl groups is 1. The number of piperidine rings is 1. The summed E-state index contributed by atoms with van der Waals surface area (Å²) in [6.07, 6.45) is 0.448. The Labute approximate surface area is 106 Å². The minimum absolute atomic E-state index is 0.120. The van der Waals surface area contributed by atoms with Crippen molar-refractivity contribution in [2.75, 3.05) is 18.0 Å². The van der Waals surface area contributed by atoms with E-state index < -0.39 is 0 Å². The highest BCUT2D eigenvalue weighted by Crippen LogP contribution is 2.29. The van der Waals surface area contributed by atoms with Gasteiger partial charge in [-0.1, -0.05) is 13.0 Å². The summed E-state index contributed by atoms with van der Waals surface area (Å²) in [6, 6.07) is 4.93. The molecule has 1 N–H and O–H groups in total. The van der Waals surface area contributed by atoms with E-state index in [4.69, 9.17) is 0 Å². The molecule has 1 aliphatic heterocycles. The fraction of sp³-hybridized carbons (Fsp3) is 0.538. The van der Waals surface area contributed by atoms with Gasteiger partial charge in [-0.25, -0.2) is 0 Å². The average Bonchev–Trinajstić information content (AvgIpc) is 2.33. The average molecular weight is 250 g/mol. The van der Waals surface area contributed by atoms with Gasteiger partial charge >= 0.3 is 0 Å². The van der Waals surface area contributed by atoms with E-state index in [0.717, 1.165) is 24.3 Å². The number of aryl methyl sites for hydroxylation is 1. The quantitative estimate of drug-likeness (QED) is 0.645. The van der Waals surface area contributed by atoms with E-state index in [9.17, 15) is 15.2 Å². The van der Waals surface area contributed by atoms with E-state index in [1.165, 1.54) is 6.07 Å². The Bertz CT molecular complexity index is 462. The van der Waals surface area contributed by atoms with Crippen LogP contribution in [0.2, 0.25) is 0 Å². The first kappa shape index (κ1) is 12.8. The van der Waals surface area contributed by atoms with Crippen molar-refractivity contribution in [2.24, 2.45) is 5.92 Å². The summed E-state index contributed by atoms with van der Waals surface area (Å²) in [6.45, 7) is 5.44. The molecule has 1 aromatic rings. The van der Waals surface area contributed by atoms with E-state index >= 15 is 0 Å². The molecule has 1 heterocycles. The second kappa shape index (κ2) is 4.94. The lowest BCUT2D eigenvalue weighted by atomic mass is 9.95. The molecule has 0 saturated carbocycles. The lowest BCUT2D eigenvalue weighted by molar-refractivity contribution is -0.384. The van der Waals surface area contributed by atoms with E-state index in [1.54, 1.807) is 12.1 Å². The molecule has 5 nitrogen and oxygen atoms in total. The van der Waals surface area contributed by atoms with Gasteiger partial charge in [0.2, 0.25) is 0 Å². The van der Waals surface area contributed by atoms with Gasteiger partial charge in [-0.3, -0.25) is 10.1 Å². The second-order valence-electron chi connectivity index (χ2n) is 5.01. The maximum atomic E-state index is 10.8. The summed E-state index contributed by atoms with van der Waals surface area (Å²) in [5.41, 5.74) is 2.06. The van der Waals surface area contributed by atoms with Gasteiger partial charge < -0.3 is 10.0 Å². The van der Waals surface area contributed by atoms with Crippen LogP contribution < -0.4 is 4.90 Å². The lowest BCUT2D eigenvalue weighted by Crippen LogP contribution is -2.42. The van der Waals surface area contributed by atoms with Crippen LogP contribution >= 0.6 is 0 Å². The van der Waals surface area contributed by atoms with E-state index in [2.05, 4.69) is 4.90 Å². The normalized spacial score (nSPS) is 24.1. The van der Waals surface area contributed by atoms with Crippen LogP contribution in [0.25, 0.3) is 0 Å². The molecule has 1 aliphatic rings. The first-order chi connectivity index (χ1) is 8.49. The van der Waals surface area contributed by atoms with Crippen LogP contribution in [-0.2, 0) is 0 Å². The predicted molar refractivity (Wildman–Crippen MR) is 69.8 cm³/mol. The number of nitro benzene ring substituents is 1. The molecule has 2 rings (SSSR count). The molecule has 0 spiro atoms. The summed E-state index contributed by atoms with van der Waals surface area (Å²) in [7, 11) is 0. The maximum absolute atomic E-state index is 10.8. The highest BCUT2D eigenvalue weighted by atomic mass is 16.6. The molecular formula is C13H18N2O3. The Morgan fingerprint density at radius 2 is 2.22 bits per heavy atom. The van der Waals surface area contributed by atoms with E-state index in [1.807, 2.05) is 13.8 Å². The van der Waals surface area contributed by atoms with Gasteiger partial charge in [0, 0.05) is 30.9 Å². The Balaban J connectivity index is 2.27. The molecule has 0 radical (unpaired) electrons.